The van der Waals surface area contributed by atoms with Crippen LogP contribution in [0.3, 0.4) is 0 Å². The van der Waals surface area contributed by atoms with Crippen LogP contribution >= 0.6 is 0 Å². The van der Waals surface area contributed by atoms with E-state index in [0.29, 0.717) is 0 Å². The monoisotopic (exact) mass is 152 g/mol. The van der Waals surface area contributed by atoms with Crippen molar-refractivity contribution in [1.82, 2.24) is 0 Å². The fourth-order valence-corrected chi connectivity index (χ4v) is 0. The Morgan fingerprint density at radius 2 is 0.600 bits per heavy atom. The summed E-state index contributed by atoms with van der Waals surface area (Å²) < 4.78 is 0. The molecular formula is FeO3Ti. The third kappa shape index (κ3) is 40.0. The molecule has 0 amide bonds. The van der Waals surface area contributed by atoms with Crippen LogP contribution in [0.25, 0.3) is 0 Å². The summed E-state index contributed by atoms with van der Waals surface area (Å²) in [7, 11) is 0. The van der Waals surface area contributed by atoms with Gasteiger partial charge in [0.15, 0.2) is 0 Å². The first-order valence-electron chi connectivity index (χ1n) is 0. The van der Waals surface area contributed by atoms with Crippen LogP contribution in [0.15, 0.2) is 0 Å². The molecule has 0 aliphatic heterocycles. The summed E-state index contributed by atoms with van der Waals surface area (Å²) >= 11 is 0. The molecule has 0 aromatic carbocycles. The van der Waals surface area contributed by atoms with Crippen molar-refractivity contribution in [3.8, 4) is 0 Å². The van der Waals surface area contributed by atoms with Crippen molar-refractivity contribution in [1.29, 1.82) is 0 Å². The van der Waals surface area contributed by atoms with Crippen LogP contribution in [0.2, 0.25) is 0 Å². The molecule has 0 aliphatic carbocycles. The van der Waals surface area contributed by atoms with E-state index >= 15 is 0 Å². The van der Waals surface area contributed by atoms with Gasteiger partial charge in [0.05, 0.1) is 0 Å². The molecule has 0 rings (SSSR count). The summed E-state index contributed by atoms with van der Waals surface area (Å²) in [6.07, 6.45) is 0. The Hall–Kier alpha value is 1.11. The molecule has 0 spiro atoms. The van der Waals surface area contributed by atoms with Gasteiger partial charge in [-0.1, -0.05) is 0 Å². The molecule has 0 aromatic rings. The van der Waals surface area contributed by atoms with Gasteiger partial charge in [0, 0.05) is 0 Å². The van der Waals surface area contributed by atoms with Crippen molar-refractivity contribution in [3.05, 3.63) is 0 Å². The van der Waals surface area contributed by atoms with E-state index in [-0.39, 0.29) is 55.2 Å². The van der Waals surface area contributed by atoms with Crippen LogP contribution in [-0.2, 0) is 55.2 Å². The van der Waals surface area contributed by atoms with E-state index in [1.165, 1.54) is 0 Å². The van der Waals surface area contributed by atoms with E-state index in [2.05, 4.69) is 0 Å². The molecule has 0 aromatic heterocycles. The normalized spacial score (nSPS) is 0. The van der Waals surface area contributed by atoms with E-state index in [9.17, 15) is 0 Å². The molecule has 5 heteroatoms. The molecule has 0 radical (unpaired) electrons. The van der Waals surface area contributed by atoms with Crippen molar-refractivity contribution in [2.24, 2.45) is 0 Å². The Balaban J connectivity index is 0. The topological polar surface area (TPSA) is 85.5 Å². The van der Waals surface area contributed by atoms with Crippen molar-refractivity contribution in [3.63, 3.8) is 0 Å². The smallest absolute Gasteiger partial charge is 2.00 e. The van der Waals surface area contributed by atoms with E-state index in [4.69, 9.17) is 0 Å². The molecular weight excluding hydrogens is 152 g/mol. The minimum Gasteiger partial charge on any atom is -2.00 e. The van der Waals surface area contributed by atoms with Gasteiger partial charge in [-0.3, -0.25) is 0 Å². The first-order valence-corrected chi connectivity index (χ1v) is 0. The molecule has 5 heavy (non-hydrogen) atoms. The Bertz CT molecular complexity index is 6.85. The van der Waals surface area contributed by atoms with Crippen LogP contribution < -0.4 is 0 Å². The van der Waals surface area contributed by atoms with Gasteiger partial charge in [0.2, 0.25) is 0 Å². The summed E-state index contributed by atoms with van der Waals surface area (Å²) in [6, 6.07) is 0. The summed E-state index contributed by atoms with van der Waals surface area (Å²) in [5.41, 5.74) is 0. The minimum absolute atomic E-state index is 0. The Morgan fingerprint density at radius 1 is 0.600 bits per heavy atom. The molecule has 0 bridgehead atoms. The largest absolute Gasteiger partial charge is 4.00 e. The fraction of sp³-hybridized carbons (Fsp3) is 0. The Kier molecular flexibility index (Phi) is 1800. The summed E-state index contributed by atoms with van der Waals surface area (Å²) in [5.74, 6) is 0. The summed E-state index contributed by atoms with van der Waals surface area (Å²) in [6.45, 7) is 0. The van der Waals surface area contributed by atoms with Crippen LogP contribution in [0.4, 0.5) is 0 Å². The molecule has 0 aliphatic rings. The Morgan fingerprint density at radius 3 is 0.600 bits per heavy atom. The zero-order chi connectivity index (χ0) is 0. The van der Waals surface area contributed by atoms with Crippen molar-refractivity contribution in [2.45, 2.75) is 0 Å². The zero-order valence-corrected chi connectivity index (χ0v) is 4.74. The second kappa shape index (κ2) is 69.8. The first kappa shape index (κ1) is 129. The van der Waals surface area contributed by atoms with Crippen LogP contribution in [-0.4, -0.2) is 0 Å². The van der Waals surface area contributed by atoms with Gasteiger partial charge in [0.25, 0.3) is 0 Å². The van der Waals surface area contributed by atoms with Gasteiger partial charge < -0.3 is 16.4 Å². The maximum absolute atomic E-state index is 0. The van der Waals surface area contributed by atoms with E-state index < -0.39 is 0 Å². The molecule has 0 saturated heterocycles. The van der Waals surface area contributed by atoms with Crippen LogP contribution in [0.1, 0.15) is 0 Å². The maximum atomic E-state index is 0. The molecule has 0 unspecified atom stereocenters. The molecule has 0 heterocycles. The molecule has 0 fully saturated rings. The van der Waals surface area contributed by atoms with Gasteiger partial charge in [0.1, 0.15) is 0 Å². The number of hydrogen-bond acceptors (Lipinski definition) is 0. The predicted molar refractivity (Wildman–Crippen MR) is 2.06 cm³/mol. The van der Waals surface area contributed by atoms with Crippen molar-refractivity contribution >= 4 is 0 Å². The summed E-state index contributed by atoms with van der Waals surface area (Å²) in [5, 5.41) is 0. The zero-order valence-electron chi connectivity index (χ0n) is 2.08. The average Bonchev–Trinajstić information content (AvgIpc) is 0. The maximum Gasteiger partial charge on any atom is 4.00 e. The van der Waals surface area contributed by atoms with E-state index in [1.807, 2.05) is 0 Å². The number of hydrogen-bond donors (Lipinski definition) is 0. The van der Waals surface area contributed by atoms with Crippen molar-refractivity contribution in [2.75, 3.05) is 0 Å². The Labute approximate surface area is 55.4 Å². The molecule has 0 N–H and O–H groups in total. The van der Waals surface area contributed by atoms with Crippen LogP contribution in [0.5, 0.6) is 0 Å². The number of rotatable bonds is 0. The fourth-order valence-electron chi connectivity index (χ4n) is 0. The van der Waals surface area contributed by atoms with Gasteiger partial charge in [-0.15, -0.1) is 0 Å². The third-order valence-electron chi connectivity index (χ3n) is 0. The van der Waals surface area contributed by atoms with Gasteiger partial charge in [-0.2, -0.15) is 0 Å². The molecule has 0 atom stereocenters. The minimum atomic E-state index is 0. The molecule has 3 nitrogen and oxygen atoms in total. The second-order valence-corrected chi connectivity index (χ2v) is 0. The van der Waals surface area contributed by atoms with E-state index in [1.54, 1.807) is 0 Å². The third-order valence-corrected chi connectivity index (χ3v) is 0. The SMILES string of the molecule is [Fe+2].[O-2].[O-2].[O-2].[Ti+4]. The standard InChI is InChI=1S/Fe.3O.Ti/q+2;3*-2;+4. The summed E-state index contributed by atoms with van der Waals surface area (Å²) in [4.78, 5) is 0. The first-order chi connectivity index (χ1) is 0. The predicted octanol–water partition coefficient (Wildman–Crippen LogP) is -0.361. The average molecular weight is 152 g/mol. The molecule has 0 saturated carbocycles. The molecule has 30 valence electrons. The quantitative estimate of drug-likeness (QED) is 0.424. The van der Waals surface area contributed by atoms with Crippen LogP contribution in [0, 0.1) is 0 Å². The van der Waals surface area contributed by atoms with Gasteiger partial charge >= 0.3 is 38.8 Å². The van der Waals surface area contributed by atoms with E-state index in [0.717, 1.165) is 0 Å². The van der Waals surface area contributed by atoms with Gasteiger partial charge in [-0.05, 0) is 0 Å². The van der Waals surface area contributed by atoms with Gasteiger partial charge in [-0.25, -0.2) is 0 Å². The second-order valence-electron chi connectivity index (χ2n) is 0. The van der Waals surface area contributed by atoms with Crippen molar-refractivity contribution < 1.29 is 55.2 Å².